The number of phenols is 1. The van der Waals surface area contributed by atoms with Gasteiger partial charge < -0.3 is 9.59 Å². The van der Waals surface area contributed by atoms with Crippen LogP contribution in [-0.2, 0) is 0 Å². The molecule has 0 fully saturated rings. The van der Waals surface area contributed by atoms with Gasteiger partial charge in [0.1, 0.15) is 11.8 Å². The van der Waals surface area contributed by atoms with Gasteiger partial charge in [0.15, 0.2) is 0 Å². The van der Waals surface area contributed by atoms with Crippen molar-refractivity contribution in [2.24, 2.45) is 0 Å². The van der Waals surface area contributed by atoms with Crippen LogP contribution in [0.2, 0.25) is 0 Å². The van der Waals surface area contributed by atoms with E-state index < -0.39 is 0 Å². The first-order chi connectivity index (χ1) is 6.46. The third kappa shape index (κ3) is 2.26. The monoisotopic (exact) mass is 194 g/mol. The number of nitrogens with zero attached hydrogens (tertiary/aromatic N) is 1. The number of phenolic OH excluding ortho intramolecular Hbond substituents is 1. The summed E-state index contributed by atoms with van der Waals surface area (Å²) in [7, 11) is 6.46. The van der Waals surface area contributed by atoms with Crippen molar-refractivity contribution in [3.8, 4) is 5.75 Å². The summed E-state index contributed by atoms with van der Waals surface area (Å²) in [5, 5.41) is 9.77. The molecule has 2 heteroatoms. The highest BCUT2D eigenvalue weighted by Gasteiger charge is 2.25. The molecule has 0 aliphatic rings. The maximum Gasteiger partial charge on any atom is 0.124 e. The zero-order valence-corrected chi connectivity index (χ0v) is 9.49. The maximum atomic E-state index is 9.77. The van der Waals surface area contributed by atoms with Gasteiger partial charge in [-0.15, -0.1) is 0 Å². The topological polar surface area (TPSA) is 20.2 Å². The van der Waals surface area contributed by atoms with Gasteiger partial charge in [-0.25, -0.2) is 0 Å². The summed E-state index contributed by atoms with van der Waals surface area (Å²) in [6, 6.07) is 7.96. The molecule has 1 unspecified atom stereocenters. The Bertz CT molecular complexity index is 301. The lowest BCUT2D eigenvalue weighted by atomic mass is 10.0. The Morgan fingerprint density at radius 3 is 2.21 bits per heavy atom. The second-order valence-electron chi connectivity index (χ2n) is 4.60. The van der Waals surface area contributed by atoms with Gasteiger partial charge in [-0.3, -0.25) is 0 Å². The Morgan fingerprint density at radius 2 is 1.79 bits per heavy atom. The molecular weight excluding hydrogens is 174 g/mol. The third-order valence-electron chi connectivity index (χ3n) is 2.62. The lowest BCUT2D eigenvalue weighted by molar-refractivity contribution is -0.902. The van der Waals surface area contributed by atoms with Crippen LogP contribution in [0.3, 0.4) is 0 Å². The first kappa shape index (κ1) is 11.1. The van der Waals surface area contributed by atoms with E-state index >= 15 is 0 Å². The largest absolute Gasteiger partial charge is 0.507 e. The first-order valence-electron chi connectivity index (χ1n) is 5.05. The summed E-state index contributed by atoms with van der Waals surface area (Å²) >= 11 is 0. The van der Waals surface area contributed by atoms with Crippen LogP contribution in [0.15, 0.2) is 24.3 Å². The normalized spacial score (nSPS) is 14.0. The van der Waals surface area contributed by atoms with Crippen molar-refractivity contribution in [1.29, 1.82) is 0 Å². The summed E-state index contributed by atoms with van der Waals surface area (Å²) in [4.78, 5) is 0. The Balaban J connectivity index is 3.08. The van der Waals surface area contributed by atoms with E-state index in [0.29, 0.717) is 11.8 Å². The van der Waals surface area contributed by atoms with Crippen molar-refractivity contribution in [3.63, 3.8) is 0 Å². The molecule has 1 N–H and O–H groups in total. The minimum Gasteiger partial charge on any atom is -0.507 e. The first-order valence-corrected chi connectivity index (χ1v) is 5.05. The molecule has 2 nitrogen and oxygen atoms in total. The van der Waals surface area contributed by atoms with Crippen molar-refractivity contribution >= 4 is 0 Å². The highest BCUT2D eigenvalue weighted by atomic mass is 16.3. The molecule has 78 valence electrons. The molecule has 0 amide bonds. The van der Waals surface area contributed by atoms with Crippen molar-refractivity contribution in [3.05, 3.63) is 29.8 Å². The highest BCUT2D eigenvalue weighted by molar-refractivity contribution is 5.33. The number of aromatic hydroxyl groups is 1. The van der Waals surface area contributed by atoms with E-state index in [4.69, 9.17) is 0 Å². The minimum atomic E-state index is 0.358. The van der Waals surface area contributed by atoms with Crippen molar-refractivity contribution < 1.29 is 9.59 Å². The van der Waals surface area contributed by atoms with Crippen LogP contribution in [0.25, 0.3) is 0 Å². The minimum absolute atomic E-state index is 0.358. The van der Waals surface area contributed by atoms with Crippen LogP contribution in [0.1, 0.15) is 24.9 Å². The van der Waals surface area contributed by atoms with Gasteiger partial charge in [-0.1, -0.05) is 19.1 Å². The van der Waals surface area contributed by atoms with Crippen LogP contribution in [-0.4, -0.2) is 30.7 Å². The fraction of sp³-hybridized carbons (Fsp3) is 0.500. The second-order valence-corrected chi connectivity index (χ2v) is 4.60. The van der Waals surface area contributed by atoms with Gasteiger partial charge in [0.05, 0.1) is 26.7 Å². The summed E-state index contributed by atoms with van der Waals surface area (Å²) in [5.74, 6) is 0.410. The molecule has 1 atom stereocenters. The van der Waals surface area contributed by atoms with E-state index in [1.165, 1.54) is 0 Å². The molecule has 0 aromatic heterocycles. The van der Waals surface area contributed by atoms with E-state index in [1.54, 1.807) is 6.07 Å². The predicted octanol–water partition coefficient (Wildman–Crippen LogP) is 2.55. The van der Waals surface area contributed by atoms with Crippen LogP contribution >= 0.6 is 0 Å². The summed E-state index contributed by atoms with van der Waals surface area (Å²) in [5.41, 5.74) is 1.04. The average Bonchev–Trinajstić information content (AvgIpc) is 2.07. The number of hydrogen-bond donors (Lipinski definition) is 1. The van der Waals surface area contributed by atoms with E-state index in [-0.39, 0.29) is 0 Å². The zero-order valence-electron chi connectivity index (χ0n) is 9.49. The Labute approximate surface area is 86.4 Å². The smallest absolute Gasteiger partial charge is 0.124 e. The highest BCUT2D eigenvalue weighted by Crippen LogP contribution is 2.32. The molecule has 0 bridgehead atoms. The molecule has 0 aliphatic heterocycles. The van der Waals surface area contributed by atoms with Crippen molar-refractivity contribution in [2.75, 3.05) is 21.1 Å². The summed E-state index contributed by atoms with van der Waals surface area (Å²) in [6.45, 7) is 2.15. The molecule has 0 heterocycles. The molecule has 14 heavy (non-hydrogen) atoms. The van der Waals surface area contributed by atoms with Crippen LogP contribution in [0.4, 0.5) is 0 Å². The van der Waals surface area contributed by atoms with Crippen LogP contribution < -0.4 is 0 Å². The lowest BCUT2D eigenvalue weighted by Gasteiger charge is -2.34. The lowest BCUT2D eigenvalue weighted by Crippen LogP contribution is -2.38. The Morgan fingerprint density at radius 1 is 1.21 bits per heavy atom. The van der Waals surface area contributed by atoms with Gasteiger partial charge in [-0.05, 0) is 12.1 Å². The maximum absolute atomic E-state index is 9.77. The average molecular weight is 194 g/mol. The number of benzene rings is 1. The van der Waals surface area contributed by atoms with Gasteiger partial charge in [0.2, 0.25) is 0 Å². The SMILES string of the molecule is CCC(c1ccccc1O)[N+](C)(C)C. The molecule has 0 saturated carbocycles. The van der Waals surface area contributed by atoms with Crippen molar-refractivity contribution in [2.45, 2.75) is 19.4 Å². The summed E-state index contributed by atoms with van der Waals surface area (Å²) < 4.78 is 0.841. The van der Waals surface area contributed by atoms with Gasteiger partial charge in [0, 0.05) is 6.42 Å². The van der Waals surface area contributed by atoms with E-state index in [1.807, 2.05) is 18.2 Å². The molecule has 0 spiro atoms. The number of hydrogen-bond acceptors (Lipinski definition) is 1. The van der Waals surface area contributed by atoms with Crippen molar-refractivity contribution in [1.82, 2.24) is 0 Å². The molecular formula is C12H20NO+. The van der Waals surface area contributed by atoms with Crippen LogP contribution in [0.5, 0.6) is 5.75 Å². The number of rotatable bonds is 3. The predicted molar refractivity (Wildman–Crippen MR) is 59.2 cm³/mol. The van der Waals surface area contributed by atoms with Gasteiger partial charge >= 0.3 is 0 Å². The van der Waals surface area contributed by atoms with Crippen LogP contribution in [0, 0.1) is 0 Å². The molecule has 0 aliphatic carbocycles. The van der Waals surface area contributed by atoms with E-state index in [9.17, 15) is 5.11 Å². The standard InChI is InChI=1S/C12H19NO/c1-5-11(13(2,3)4)10-8-6-7-9-12(10)14/h6-9,11H,5H2,1-4H3/p+1. The van der Waals surface area contributed by atoms with E-state index in [0.717, 1.165) is 16.5 Å². The van der Waals surface area contributed by atoms with E-state index in [2.05, 4.69) is 28.1 Å². The summed E-state index contributed by atoms with van der Waals surface area (Å²) in [6.07, 6.45) is 1.03. The Kier molecular flexibility index (Phi) is 3.17. The van der Waals surface area contributed by atoms with Gasteiger partial charge in [-0.2, -0.15) is 0 Å². The molecule has 0 radical (unpaired) electrons. The fourth-order valence-electron chi connectivity index (χ4n) is 1.95. The zero-order chi connectivity index (χ0) is 10.8. The molecule has 1 rings (SSSR count). The van der Waals surface area contributed by atoms with Gasteiger partial charge in [0.25, 0.3) is 0 Å². The fourth-order valence-corrected chi connectivity index (χ4v) is 1.95. The third-order valence-corrected chi connectivity index (χ3v) is 2.62. The number of quaternary nitrogens is 1. The Hall–Kier alpha value is -1.02. The molecule has 1 aromatic rings. The quantitative estimate of drug-likeness (QED) is 0.733. The molecule has 0 saturated heterocycles. The number of para-hydroxylation sites is 1. The second kappa shape index (κ2) is 4.01. The molecule has 1 aromatic carbocycles.